The van der Waals surface area contributed by atoms with E-state index in [9.17, 15) is 9.90 Å². The summed E-state index contributed by atoms with van der Waals surface area (Å²) in [7, 11) is 1.79. The molecule has 204 valence electrons. The van der Waals surface area contributed by atoms with E-state index < -0.39 is 0 Å². The maximum Gasteiger partial charge on any atom is 0.222 e. The zero-order chi connectivity index (χ0) is 25.7. The van der Waals surface area contributed by atoms with Gasteiger partial charge in [-0.15, -0.1) is 0 Å². The Morgan fingerprint density at radius 1 is 0.972 bits per heavy atom. The average Bonchev–Trinajstić information content (AvgIpc) is 3.24. The molecule has 0 radical (unpaired) electrons. The lowest BCUT2D eigenvalue weighted by atomic mass is 9.44. The maximum atomic E-state index is 13.0. The third-order valence-electron chi connectivity index (χ3n) is 12.4. The summed E-state index contributed by atoms with van der Waals surface area (Å²) in [6.45, 7) is 10.6. The van der Waals surface area contributed by atoms with Gasteiger partial charge in [-0.25, -0.2) is 0 Å². The van der Waals surface area contributed by atoms with Crippen LogP contribution in [0, 0.1) is 51.7 Å². The van der Waals surface area contributed by atoms with Gasteiger partial charge in [-0.05, 0) is 111 Å². The first-order chi connectivity index (χ1) is 17.2. The first-order valence-electron chi connectivity index (χ1n) is 15.1. The highest BCUT2D eigenvalue weighted by molar-refractivity contribution is 5.78. The van der Waals surface area contributed by atoms with Crippen molar-refractivity contribution in [2.45, 2.75) is 97.5 Å². The summed E-state index contributed by atoms with van der Waals surface area (Å²) in [5.74, 6) is 5.47. The molecule has 0 aromatic rings. The van der Waals surface area contributed by atoms with Gasteiger partial charge in [0.1, 0.15) is 0 Å². The molecule has 0 aromatic heterocycles. The number of hydrogen-bond acceptors (Lipinski definition) is 3. The monoisotopic (exact) mass is 500 g/mol. The molecule has 0 unspecified atom stereocenters. The Kier molecular flexibility index (Phi) is 7.39. The van der Waals surface area contributed by atoms with Gasteiger partial charge in [0.05, 0.1) is 6.10 Å². The van der Waals surface area contributed by atoms with Gasteiger partial charge in [0.2, 0.25) is 5.91 Å². The minimum Gasteiger partial charge on any atom is -0.393 e. The van der Waals surface area contributed by atoms with Crippen molar-refractivity contribution in [3.05, 3.63) is 0 Å². The molecule has 1 saturated heterocycles. The SMILES string of the molecule is CNC(=N)N1CCN(C(=O)CC[C@@H](C)[C@H]2CC[C@H]3[C@@H]4CC[C@H]5C[C@@H](O)CC[C@]5(C)[C@H]4CC[C@]23C)CC1. The van der Waals surface area contributed by atoms with Crippen LogP contribution in [-0.4, -0.2) is 66.1 Å². The zero-order valence-electron chi connectivity index (χ0n) is 23.4. The Morgan fingerprint density at radius 2 is 1.64 bits per heavy atom. The van der Waals surface area contributed by atoms with E-state index in [1.54, 1.807) is 7.05 Å². The van der Waals surface area contributed by atoms with Crippen LogP contribution in [0.5, 0.6) is 0 Å². The molecule has 9 atom stereocenters. The number of nitrogens with zero attached hydrogens (tertiary/aromatic N) is 2. The number of amides is 1. The lowest BCUT2D eigenvalue weighted by molar-refractivity contribution is -0.134. The van der Waals surface area contributed by atoms with Crippen molar-refractivity contribution in [1.82, 2.24) is 15.1 Å². The smallest absolute Gasteiger partial charge is 0.222 e. The van der Waals surface area contributed by atoms with Crippen molar-refractivity contribution < 1.29 is 9.90 Å². The molecule has 5 fully saturated rings. The molecule has 0 aromatic carbocycles. The fraction of sp³-hybridized carbons (Fsp3) is 0.933. The van der Waals surface area contributed by atoms with Crippen molar-refractivity contribution in [3.8, 4) is 0 Å². The summed E-state index contributed by atoms with van der Waals surface area (Å²) in [4.78, 5) is 17.1. The van der Waals surface area contributed by atoms with E-state index in [1.807, 2.05) is 9.80 Å². The molecule has 6 heteroatoms. The van der Waals surface area contributed by atoms with E-state index in [0.717, 1.165) is 75.0 Å². The van der Waals surface area contributed by atoms with Crippen LogP contribution in [0.25, 0.3) is 0 Å². The number of nitrogens with one attached hydrogen (secondary N) is 2. The van der Waals surface area contributed by atoms with E-state index in [-0.39, 0.29) is 6.10 Å². The molecule has 36 heavy (non-hydrogen) atoms. The normalized spacial score (nSPS) is 43.2. The molecular weight excluding hydrogens is 448 g/mol. The summed E-state index contributed by atoms with van der Waals surface area (Å²) >= 11 is 0. The predicted molar refractivity (Wildman–Crippen MR) is 145 cm³/mol. The van der Waals surface area contributed by atoms with Gasteiger partial charge in [0.15, 0.2) is 5.96 Å². The summed E-state index contributed by atoms with van der Waals surface area (Å²) in [6, 6.07) is 0. The number of carbonyl (C=O) groups excluding carboxylic acids is 1. The van der Waals surface area contributed by atoms with Gasteiger partial charge >= 0.3 is 0 Å². The zero-order valence-corrected chi connectivity index (χ0v) is 23.4. The van der Waals surface area contributed by atoms with Gasteiger partial charge in [-0.1, -0.05) is 20.8 Å². The lowest BCUT2D eigenvalue weighted by Crippen LogP contribution is -2.54. The second-order valence-electron chi connectivity index (χ2n) is 13.8. The predicted octanol–water partition coefficient (Wildman–Crippen LogP) is 4.72. The topological polar surface area (TPSA) is 79.7 Å². The van der Waals surface area contributed by atoms with Gasteiger partial charge in [0.25, 0.3) is 0 Å². The lowest BCUT2D eigenvalue weighted by Gasteiger charge is -2.61. The summed E-state index contributed by atoms with van der Waals surface area (Å²) in [5, 5.41) is 21.2. The van der Waals surface area contributed by atoms with Gasteiger partial charge < -0.3 is 20.2 Å². The number of hydrogen-bond donors (Lipinski definition) is 3. The molecule has 1 heterocycles. The number of aliphatic hydroxyl groups excluding tert-OH is 1. The fourth-order valence-electron chi connectivity index (χ4n) is 10.3. The van der Waals surface area contributed by atoms with E-state index in [0.29, 0.717) is 35.0 Å². The Bertz CT molecular complexity index is 826. The van der Waals surface area contributed by atoms with Crippen molar-refractivity contribution >= 4 is 11.9 Å². The summed E-state index contributed by atoms with van der Waals surface area (Å²) < 4.78 is 0. The third-order valence-corrected chi connectivity index (χ3v) is 12.4. The van der Waals surface area contributed by atoms with Crippen LogP contribution in [0.2, 0.25) is 0 Å². The van der Waals surface area contributed by atoms with Crippen LogP contribution in [0.15, 0.2) is 0 Å². The summed E-state index contributed by atoms with van der Waals surface area (Å²) in [5.41, 5.74) is 0.898. The largest absolute Gasteiger partial charge is 0.393 e. The molecule has 1 amide bonds. The molecular formula is C30H52N4O2. The van der Waals surface area contributed by atoms with Crippen molar-refractivity contribution in [1.29, 1.82) is 5.41 Å². The molecule has 5 rings (SSSR count). The highest BCUT2D eigenvalue weighted by Gasteiger charge is 2.60. The fourth-order valence-corrected chi connectivity index (χ4v) is 10.3. The number of rotatable bonds is 4. The van der Waals surface area contributed by atoms with Crippen molar-refractivity contribution in [3.63, 3.8) is 0 Å². The Hall–Kier alpha value is -1.30. The molecule has 3 N–H and O–H groups in total. The van der Waals surface area contributed by atoms with E-state index in [1.165, 1.54) is 44.9 Å². The van der Waals surface area contributed by atoms with Crippen LogP contribution in [0.4, 0.5) is 0 Å². The van der Waals surface area contributed by atoms with Crippen LogP contribution >= 0.6 is 0 Å². The summed E-state index contributed by atoms with van der Waals surface area (Å²) in [6.07, 6.45) is 13.1. The first kappa shape index (κ1) is 26.3. The highest BCUT2D eigenvalue weighted by atomic mass is 16.3. The number of fused-ring (bicyclic) bond motifs is 5. The molecule has 0 spiro atoms. The minimum atomic E-state index is -0.0569. The van der Waals surface area contributed by atoms with Crippen LogP contribution in [-0.2, 0) is 4.79 Å². The molecule has 6 nitrogen and oxygen atoms in total. The van der Waals surface area contributed by atoms with E-state index >= 15 is 0 Å². The van der Waals surface area contributed by atoms with Crippen molar-refractivity contribution in [2.24, 2.45) is 46.3 Å². The Morgan fingerprint density at radius 3 is 2.36 bits per heavy atom. The van der Waals surface area contributed by atoms with Gasteiger partial charge in [0, 0.05) is 39.6 Å². The first-order valence-corrected chi connectivity index (χ1v) is 15.1. The minimum absolute atomic E-state index is 0.0569. The van der Waals surface area contributed by atoms with Gasteiger partial charge in [-0.3, -0.25) is 10.2 Å². The molecule has 5 aliphatic rings. The van der Waals surface area contributed by atoms with E-state index in [4.69, 9.17) is 5.41 Å². The number of aliphatic hydroxyl groups is 1. The van der Waals surface area contributed by atoms with E-state index in [2.05, 4.69) is 26.1 Å². The molecule has 4 aliphatic carbocycles. The molecule has 4 saturated carbocycles. The van der Waals surface area contributed by atoms with Crippen LogP contribution in [0.3, 0.4) is 0 Å². The van der Waals surface area contributed by atoms with Crippen LogP contribution in [0.1, 0.15) is 91.4 Å². The standard InChI is InChI=1S/C30H52N4O2/c1-20(5-10-27(36)33-15-17-34(18-16-33)28(31)32-4)24-8-9-25-23-7-6-21-19-22(35)11-13-29(21,2)26(23)12-14-30(24,25)3/h20-26,35H,5-19H2,1-4H3,(H2,31,32)/t20-,21+,22+,23+,24-,25+,26+,29+,30-/m1/s1. The van der Waals surface area contributed by atoms with Crippen LogP contribution < -0.4 is 5.32 Å². The van der Waals surface area contributed by atoms with Gasteiger partial charge in [-0.2, -0.15) is 0 Å². The molecule has 0 bridgehead atoms. The third kappa shape index (κ3) is 4.47. The Balaban J connectivity index is 1.17. The number of carbonyl (C=O) groups is 1. The molecule has 1 aliphatic heterocycles. The number of piperazine rings is 1. The maximum absolute atomic E-state index is 13.0. The van der Waals surface area contributed by atoms with Crippen molar-refractivity contribution in [2.75, 3.05) is 33.2 Å². The average molecular weight is 501 g/mol. The number of guanidine groups is 1. The highest BCUT2D eigenvalue weighted by Crippen LogP contribution is 2.68. The second kappa shape index (κ2) is 10.1. The second-order valence-corrected chi connectivity index (χ2v) is 13.8. The Labute approximate surface area is 219 Å². The quantitative estimate of drug-likeness (QED) is 0.385.